The molecular weight excluding hydrogens is 217 g/mol. The molecule has 0 radical (unpaired) electrons. The molecule has 0 heterocycles. The van der Waals surface area contributed by atoms with Crippen LogP contribution in [-0.2, 0) is 11.3 Å². The molecule has 0 saturated heterocycles. The number of halogens is 1. The Bertz CT molecular complexity index is 411. The fraction of sp³-hybridized carbons (Fsp3) is 0.357. The van der Waals surface area contributed by atoms with Gasteiger partial charge < -0.3 is 5.32 Å². The Morgan fingerprint density at radius 2 is 2.06 bits per heavy atom. The first-order chi connectivity index (χ1) is 8.25. The molecule has 0 aliphatic heterocycles. The summed E-state index contributed by atoms with van der Waals surface area (Å²) in [5, 5.41) is 2.89. The zero-order valence-electron chi connectivity index (χ0n) is 9.66. The average molecular weight is 233 g/mol. The van der Waals surface area contributed by atoms with Crippen molar-refractivity contribution >= 4 is 5.91 Å². The second-order valence-corrected chi connectivity index (χ2v) is 4.33. The number of nitrogens with one attached hydrogen (secondary N) is 1. The third-order valence-electron chi connectivity index (χ3n) is 3.02. The minimum atomic E-state index is -0.252. The van der Waals surface area contributed by atoms with Gasteiger partial charge in [-0.05, 0) is 37.0 Å². The molecule has 0 aromatic heterocycles. The minimum Gasteiger partial charge on any atom is -0.352 e. The zero-order valence-corrected chi connectivity index (χ0v) is 9.66. The van der Waals surface area contributed by atoms with E-state index in [4.69, 9.17) is 0 Å². The summed E-state index contributed by atoms with van der Waals surface area (Å²) in [4.78, 5) is 11.8. The number of benzene rings is 1. The van der Waals surface area contributed by atoms with E-state index in [0.717, 1.165) is 24.8 Å². The largest absolute Gasteiger partial charge is 0.352 e. The Labute approximate surface area is 101 Å². The van der Waals surface area contributed by atoms with Crippen molar-refractivity contribution in [1.82, 2.24) is 5.32 Å². The SMILES string of the molecule is O=C(NCc1ccc(F)cc1)[C@H]1CC=CCC1. The lowest BCUT2D eigenvalue weighted by Crippen LogP contribution is -2.30. The second-order valence-electron chi connectivity index (χ2n) is 4.33. The van der Waals surface area contributed by atoms with Gasteiger partial charge in [0.1, 0.15) is 5.82 Å². The molecule has 1 amide bonds. The Hall–Kier alpha value is -1.64. The Kier molecular flexibility index (Phi) is 3.91. The van der Waals surface area contributed by atoms with Gasteiger partial charge in [0, 0.05) is 12.5 Å². The first-order valence-electron chi connectivity index (χ1n) is 5.93. The van der Waals surface area contributed by atoms with Crippen LogP contribution in [0.1, 0.15) is 24.8 Å². The summed E-state index contributed by atoms with van der Waals surface area (Å²) in [7, 11) is 0. The van der Waals surface area contributed by atoms with Crippen LogP contribution in [0.25, 0.3) is 0 Å². The molecule has 1 aliphatic rings. The zero-order chi connectivity index (χ0) is 12.1. The fourth-order valence-electron chi connectivity index (χ4n) is 1.97. The van der Waals surface area contributed by atoms with Crippen LogP contribution in [0.2, 0.25) is 0 Å². The Morgan fingerprint density at radius 1 is 1.29 bits per heavy atom. The molecule has 0 saturated carbocycles. The third kappa shape index (κ3) is 3.41. The smallest absolute Gasteiger partial charge is 0.223 e. The molecule has 1 aromatic rings. The second kappa shape index (κ2) is 5.62. The van der Waals surface area contributed by atoms with Crippen molar-refractivity contribution in [3.63, 3.8) is 0 Å². The highest BCUT2D eigenvalue weighted by Gasteiger charge is 2.17. The van der Waals surface area contributed by atoms with E-state index in [9.17, 15) is 9.18 Å². The predicted octanol–water partition coefficient (Wildman–Crippen LogP) is 2.80. The van der Waals surface area contributed by atoms with Crippen LogP contribution in [0, 0.1) is 11.7 Å². The predicted molar refractivity (Wildman–Crippen MR) is 64.7 cm³/mol. The number of carbonyl (C=O) groups excluding carboxylic acids is 1. The summed E-state index contributed by atoms with van der Waals surface area (Å²) in [5.41, 5.74) is 0.922. The van der Waals surface area contributed by atoms with Crippen molar-refractivity contribution in [3.05, 3.63) is 47.8 Å². The average Bonchev–Trinajstić information content (AvgIpc) is 2.39. The van der Waals surface area contributed by atoms with Crippen LogP contribution in [0.4, 0.5) is 4.39 Å². The molecule has 1 aromatic carbocycles. The van der Waals surface area contributed by atoms with Crippen molar-refractivity contribution in [3.8, 4) is 0 Å². The van der Waals surface area contributed by atoms with Crippen LogP contribution >= 0.6 is 0 Å². The fourth-order valence-corrected chi connectivity index (χ4v) is 1.97. The number of amides is 1. The van der Waals surface area contributed by atoms with Crippen LogP contribution < -0.4 is 5.32 Å². The summed E-state index contributed by atoms with van der Waals surface area (Å²) < 4.78 is 12.7. The molecule has 1 aliphatic carbocycles. The highest BCUT2D eigenvalue weighted by Crippen LogP contribution is 2.18. The van der Waals surface area contributed by atoms with Crippen LogP contribution in [-0.4, -0.2) is 5.91 Å². The van der Waals surface area contributed by atoms with Crippen molar-refractivity contribution in [2.75, 3.05) is 0 Å². The normalized spacial score (nSPS) is 19.0. The van der Waals surface area contributed by atoms with E-state index in [1.807, 2.05) is 0 Å². The van der Waals surface area contributed by atoms with Gasteiger partial charge in [-0.2, -0.15) is 0 Å². The summed E-state index contributed by atoms with van der Waals surface area (Å²) >= 11 is 0. The molecule has 0 fully saturated rings. The van der Waals surface area contributed by atoms with E-state index < -0.39 is 0 Å². The Morgan fingerprint density at radius 3 is 2.71 bits per heavy atom. The van der Waals surface area contributed by atoms with Gasteiger partial charge in [-0.3, -0.25) is 4.79 Å². The van der Waals surface area contributed by atoms with Gasteiger partial charge in [0.15, 0.2) is 0 Å². The van der Waals surface area contributed by atoms with E-state index in [2.05, 4.69) is 17.5 Å². The summed E-state index contributed by atoms with van der Waals surface area (Å²) in [6, 6.07) is 6.20. The van der Waals surface area contributed by atoms with Crippen molar-refractivity contribution < 1.29 is 9.18 Å². The first-order valence-corrected chi connectivity index (χ1v) is 5.93. The van der Waals surface area contributed by atoms with Crippen LogP contribution in [0.5, 0.6) is 0 Å². The van der Waals surface area contributed by atoms with Gasteiger partial charge in [-0.1, -0.05) is 24.3 Å². The topological polar surface area (TPSA) is 29.1 Å². The third-order valence-corrected chi connectivity index (χ3v) is 3.02. The molecule has 2 nitrogen and oxygen atoms in total. The number of hydrogen-bond donors (Lipinski definition) is 1. The van der Waals surface area contributed by atoms with Gasteiger partial charge in [0.05, 0.1) is 0 Å². The summed E-state index contributed by atoms with van der Waals surface area (Å²) in [6.45, 7) is 0.472. The van der Waals surface area contributed by atoms with Crippen LogP contribution in [0.3, 0.4) is 0 Å². The molecule has 2 rings (SSSR count). The van der Waals surface area contributed by atoms with E-state index in [-0.39, 0.29) is 17.6 Å². The number of rotatable bonds is 3. The molecule has 90 valence electrons. The maximum absolute atomic E-state index is 12.7. The molecule has 1 atom stereocenters. The highest BCUT2D eigenvalue weighted by molar-refractivity contribution is 5.78. The number of hydrogen-bond acceptors (Lipinski definition) is 1. The maximum Gasteiger partial charge on any atom is 0.223 e. The molecule has 0 bridgehead atoms. The highest BCUT2D eigenvalue weighted by atomic mass is 19.1. The lowest BCUT2D eigenvalue weighted by atomic mass is 9.93. The van der Waals surface area contributed by atoms with Gasteiger partial charge in [-0.15, -0.1) is 0 Å². The lowest BCUT2D eigenvalue weighted by molar-refractivity contribution is -0.125. The molecular formula is C14H16FNO. The molecule has 0 unspecified atom stereocenters. The number of allylic oxidation sites excluding steroid dienone is 2. The monoisotopic (exact) mass is 233 g/mol. The van der Waals surface area contributed by atoms with Crippen molar-refractivity contribution in [2.24, 2.45) is 5.92 Å². The quantitative estimate of drug-likeness (QED) is 0.799. The van der Waals surface area contributed by atoms with Gasteiger partial charge >= 0.3 is 0 Å². The molecule has 3 heteroatoms. The first kappa shape index (κ1) is 11.8. The number of carbonyl (C=O) groups is 1. The summed E-state index contributed by atoms with van der Waals surface area (Å²) in [5.74, 6) is -0.0587. The lowest BCUT2D eigenvalue weighted by Gasteiger charge is -2.17. The van der Waals surface area contributed by atoms with Crippen molar-refractivity contribution in [2.45, 2.75) is 25.8 Å². The van der Waals surface area contributed by atoms with E-state index in [1.54, 1.807) is 12.1 Å². The van der Waals surface area contributed by atoms with E-state index in [0.29, 0.717) is 6.54 Å². The van der Waals surface area contributed by atoms with Gasteiger partial charge in [0.2, 0.25) is 5.91 Å². The van der Waals surface area contributed by atoms with Gasteiger partial charge in [-0.25, -0.2) is 4.39 Å². The van der Waals surface area contributed by atoms with E-state index in [1.165, 1.54) is 12.1 Å². The minimum absolute atomic E-state index is 0.0960. The Balaban J connectivity index is 1.83. The van der Waals surface area contributed by atoms with E-state index >= 15 is 0 Å². The molecule has 17 heavy (non-hydrogen) atoms. The maximum atomic E-state index is 12.7. The van der Waals surface area contributed by atoms with Crippen molar-refractivity contribution in [1.29, 1.82) is 0 Å². The summed E-state index contributed by atoms with van der Waals surface area (Å²) in [6.07, 6.45) is 6.91. The standard InChI is InChI=1S/C14H16FNO/c15-13-8-6-11(7-9-13)10-16-14(17)12-4-2-1-3-5-12/h1-2,6-9,12H,3-5,10H2,(H,16,17)/t12-/m0/s1. The molecule has 0 spiro atoms. The van der Waals surface area contributed by atoms with Gasteiger partial charge in [0.25, 0.3) is 0 Å². The van der Waals surface area contributed by atoms with Crippen LogP contribution in [0.15, 0.2) is 36.4 Å². The molecule has 1 N–H and O–H groups in total.